The van der Waals surface area contributed by atoms with Gasteiger partial charge < -0.3 is 5.32 Å². The predicted octanol–water partition coefficient (Wildman–Crippen LogP) is 6.39. The number of hydrogen-bond donors (Lipinski definition) is 1. The maximum atomic E-state index is 3.88. The third-order valence-electron chi connectivity index (χ3n) is 4.17. The minimum absolute atomic E-state index is 0.424. The Morgan fingerprint density at radius 2 is 2.05 bits per heavy atom. The molecule has 2 aromatic rings. The molecule has 1 aromatic heterocycles. The van der Waals surface area contributed by atoms with Crippen LogP contribution in [-0.2, 0) is 6.42 Å². The third-order valence-corrected chi connectivity index (χ3v) is 6.41. The highest BCUT2D eigenvalue weighted by Crippen LogP contribution is 2.39. The van der Waals surface area contributed by atoms with Crippen molar-refractivity contribution in [2.45, 2.75) is 44.7 Å². The van der Waals surface area contributed by atoms with Crippen molar-refractivity contribution in [2.24, 2.45) is 0 Å². The third kappa shape index (κ3) is 3.61. The van der Waals surface area contributed by atoms with Gasteiger partial charge in [0.1, 0.15) is 0 Å². The first kappa shape index (κ1) is 15.7. The van der Waals surface area contributed by atoms with Crippen LogP contribution >= 0.6 is 43.2 Å². The smallest absolute Gasteiger partial charge is 0.0704 e. The van der Waals surface area contributed by atoms with E-state index in [1.165, 1.54) is 34.2 Å². The van der Waals surface area contributed by atoms with Crippen LogP contribution in [0.15, 0.2) is 38.6 Å². The number of thiophene rings is 1. The van der Waals surface area contributed by atoms with E-state index in [2.05, 4.69) is 74.4 Å². The second-order valence-corrected chi connectivity index (χ2v) is 8.98. The fourth-order valence-corrected chi connectivity index (χ4v) is 5.17. The molecule has 0 fully saturated rings. The monoisotopic (exact) mass is 427 g/mol. The van der Waals surface area contributed by atoms with Crippen LogP contribution in [0.4, 0.5) is 0 Å². The molecule has 4 heteroatoms. The SMILES string of the molecule is CCC(NC1CCCc2sc(Br)cc21)c1ccc(Br)cc1. The average molecular weight is 429 g/mol. The Morgan fingerprint density at radius 3 is 2.76 bits per heavy atom. The van der Waals surface area contributed by atoms with Gasteiger partial charge >= 0.3 is 0 Å². The van der Waals surface area contributed by atoms with Crippen LogP contribution in [0.3, 0.4) is 0 Å². The molecule has 1 aliphatic rings. The summed E-state index contributed by atoms with van der Waals surface area (Å²) in [5.41, 5.74) is 2.89. The van der Waals surface area contributed by atoms with E-state index >= 15 is 0 Å². The van der Waals surface area contributed by atoms with E-state index in [0.29, 0.717) is 12.1 Å². The van der Waals surface area contributed by atoms with Crippen LogP contribution < -0.4 is 5.32 Å². The van der Waals surface area contributed by atoms with E-state index < -0.39 is 0 Å². The Kier molecular flexibility index (Phi) is 5.20. The molecular formula is C17H19Br2NS. The van der Waals surface area contributed by atoms with Crippen molar-refractivity contribution in [1.29, 1.82) is 0 Å². The summed E-state index contributed by atoms with van der Waals surface area (Å²) in [6.07, 6.45) is 4.87. The molecule has 0 amide bonds. The normalized spacial score (nSPS) is 19.3. The summed E-state index contributed by atoms with van der Waals surface area (Å²) in [6.45, 7) is 2.26. The Morgan fingerprint density at radius 1 is 1.29 bits per heavy atom. The van der Waals surface area contributed by atoms with Gasteiger partial charge in [-0.2, -0.15) is 0 Å². The molecule has 2 atom stereocenters. The van der Waals surface area contributed by atoms with Crippen molar-refractivity contribution in [2.75, 3.05) is 0 Å². The Hall–Kier alpha value is -0.160. The molecular weight excluding hydrogens is 410 g/mol. The zero-order chi connectivity index (χ0) is 14.8. The second-order valence-electron chi connectivity index (χ2n) is 5.55. The number of aryl methyl sites for hydroxylation is 1. The summed E-state index contributed by atoms with van der Waals surface area (Å²) < 4.78 is 2.40. The van der Waals surface area contributed by atoms with Gasteiger partial charge in [0.2, 0.25) is 0 Å². The molecule has 0 saturated carbocycles. The van der Waals surface area contributed by atoms with Gasteiger partial charge in [-0.3, -0.25) is 0 Å². The Balaban J connectivity index is 1.80. The van der Waals surface area contributed by atoms with Crippen molar-refractivity contribution in [1.82, 2.24) is 5.32 Å². The van der Waals surface area contributed by atoms with Gasteiger partial charge in [-0.25, -0.2) is 0 Å². The molecule has 0 spiro atoms. The summed E-state index contributed by atoms with van der Waals surface area (Å²) >= 11 is 9.05. The molecule has 0 radical (unpaired) electrons. The number of hydrogen-bond acceptors (Lipinski definition) is 2. The first-order chi connectivity index (χ1) is 10.2. The molecule has 1 heterocycles. The van der Waals surface area contributed by atoms with Gasteiger partial charge in [0.25, 0.3) is 0 Å². The van der Waals surface area contributed by atoms with Crippen LogP contribution in [0.25, 0.3) is 0 Å². The molecule has 21 heavy (non-hydrogen) atoms. The average Bonchev–Trinajstić information content (AvgIpc) is 2.87. The summed E-state index contributed by atoms with van der Waals surface area (Å²) in [6, 6.07) is 11.9. The molecule has 1 aliphatic carbocycles. The lowest BCUT2D eigenvalue weighted by molar-refractivity contribution is 0.395. The summed E-state index contributed by atoms with van der Waals surface area (Å²) in [5.74, 6) is 0. The molecule has 3 rings (SSSR count). The molecule has 1 aromatic carbocycles. The van der Waals surface area contributed by atoms with Crippen LogP contribution in [0, 0.1) is 0 Å². The Labute approximate surface area is 147 Å². The van der Waals surface area contributed by atoms with Crippen molar-refractivity contribution in [3.05, 3.63) is 54.6 Å². The van der Waals surface area contributed by atoms with Crippen molar-refractivity contribution >= 4 is 43.2 Å². The molecule has 0 saturated heterocycles. The molecule has 0 bridgehead atoms. The highest BCUT2D eigenvalue weighted by Gasteiger charge is 2.24. The summed E-state index contributed by atoms with van der Waals surface area (Å²) in [4.78, 5) is 1.55. The van der Waals surface area contributed by atoms with Gasteiger partial charge in [0, 0.05) is 21.4 Å². The predicted molar refractivity (Wildman–Crippen MR) is 98.0 cm³/mol. The quantitative estimate of drug-likeness (QED) is 0.594. The molecule has 112 valence electrons. The minimum Gasteiger partial charge on any atom is -0.303 e. The molecule has 0 aliphatic heterocycles. The molecule has 1 nitrogen and oxygen atoms in total. The maximum absolute atomic E-state index is 3.88. The van der Waals surface area contributed by atoms with E-state index in [9.17, 15) is 0 Å². The zero-order valence-corrected chi connectivity index (χ0v) is 16.0. The van der Waals surface area contributed by atoms with Gasteiger partial charge in [0.05, 0.1) is 3.79 Å². The van der Waals surface area contributed by atoms with Gasteiger partial charge in [0.15, 0.2) is 0 Å². The highest BCUT2D eigenvalue weighted by molar-refractivity contribution is 9.11. The van der Waals surface area contributed by atoms with E-state index in [0.717, 1.165) is 10.9 Å². The highest BCUT2D eigenvalue weighted by atomic mass is 79.9. The first-order valence-electron chi connectivity index (χ1n) is 7.47. The first-order valence-corrected chi connectivity index (χ1v) is 9.87. The van der Waals surface area contributed by atoms with Crippen molar-refractivity contribution in [3.8, 4) is 0 Å². The van der Waals surface area contributed by atoms with Crippen LogP contribution in [-0.4, -0.2) is 0 Å². The van der Waals surface area contributed by atoms with Crippen LogP contribution in [0.1, 0.15) is 54.3 Å². The lowest BCUT2D eigenvalue weighted by Crippen LogP contribution is -2.28. The summed E-state index contributed by atoms with van der Waals surface area (Å²) in [5, 5.41) is 3.88. The number of nitrogens with one attached hydrogen (secondary N) is 1. The minimum atomic E-state index is 0.424. The van der Waals surface area contributed by atoms with Crippen LogP contribution in [0.2, 0.25) is 0 Å². The van der Waals surface area contributed by atoms with E-state index in [1.807, 2.05) is 11.3 Å². The Bertz CT molecular complexity index is 606. The maximum Gasteiger partial charge on any atom is 0.0704 e. The number of fused-ring (bicyclic) bond motifs is 1. The van der Waals surface area contributed by atoms with E-state index in [1.54, 1.807) is 4.88 Å². The fourth-order valence-electron chi connectivity index (χ4n) is 3.08. The summed E-state index contributed by atoms with van der Waals surface area (Å²) in [7, 11) is 0. The second kappa shape index (κ2) is 6.95. The standard InChI is InChI=1S/C17H19Br2NS/c1-2-14(11-6-8-12(18)9-7-11)20-15-4-3-5-16-13(15)10-17(19)21-16/h6-10,14-15,20H,2-5H2,1H3. The van der Waals surface area contributed by atoms with Crippen molar-refractivity contribution < 1.29 is 0 Å². The van der Waals surface area contributed by atoms with Crippen LogP contribution in [0.5, 0.6) is 0 Å². The van der Waals surface area contributed by atoms with E-state index in [4.69, 9.17) is 0 Å². The lowest BCUT2D eigenvalue weighted by Gasteiger charge is -2.28. The van der Waals surface area contributed by atoms with Gasteiger partial charge in [-0.1, -0.05) is 35.0 Å². The van der Waals surface area contributed by atoms with Gasteiger partial charge in [-0.15, -0.1) is 11.3 Å². The number of benzene rings is 1. The van der Waals surface area contributed by atoms with Gasteiger partial charge in [-0.05, 0) is 70.9 Å². The van der Waals surface area contributed by atoms with E-state index in [-0.39, 0.29) is 0 Å². The zero-order valence-electron chi connectivity index (χ0n) is 12.0. The fraction of sp³-hybridized carbons (Fsp3) is 0.412. The molecule has 1 N–H and O–H groups in total. The number of rotatable bonds is 4. The lowest BCUT2D eigenvalue weighted by atomic mass is 9.92. The molecule has 2 unspecified atom stereocenters. The largest absolute Gasteiger partial charge is 0.303 e. The van der Waals surface area contributed by atoms with Crippen molar-refractivity contribution in [3.63, 3.8) is 0 Å². The topological polar surface area (TPSA) is 12.0 Å². The number of halogens is 2.